The molecule has 122 valence electrons. The van der Waals surface area contributed by atoms with Crippen LogP contribution in [-0.4, -0.2) is 41.6 Å². The van der Waals surface area contributed by atoms with Crippen LogP contribution in [-0.2, 0) is 9.59 Å². The van der Waals surface area contributed by atoms with Gasteiger partial charge in [-0.15, -0.1) is 0 Å². The molecule has 4 N–H and O–H groups in total. The van der Waals surface area contributed by atoms with E-state index in [-0.39, 0.29) is 18.9 Å². The number of imide groups is 1. The van der Waals surface area contributed by atoms with Crippen molar-refractivity contribution in [1.29, 1.82) is 0 Å². The van der Waals surface area contributed by atoms with Crippen molar-refractivity contribution < 1.29 is 19.5 Å². The third-order valence-corrected chi connectivity index (χ3v) is 2.69. The maximum atomic E-state index is 11.5. The number of hydrogen-bond donors (Lipinski definition) is 4. The van der Waals surface area contributed by atoms with Gasteiger partial charge in [-0.3, -0.25) is 14.9 Å². The van der Waals surface area contributed by atoms with Crippen LogP contribution >= 0.6 is 0 Å². The van der Waals surface area contributed by atoms with Gasteiger partial charge in [-0.25, -0.2) is 4.79 Å². The van der Waals surface area contributed by atoms with Crippen LogP contribution in [0.25, 0.3) is 0 Å². The molecule has 1 atom stereocenters. The Balaban J connectivity index is 3.71. The molecule has 1 unspecified atom stereocenters. The van der Waals surface area contributed by atoms with Gasteiger partial charge in [0.25, 0.3) is 0 Å². The average Bonchev–Trinajstić information content (AvgIpc) is 2.29. The second-order valence-corrected chi connectivity index (χ2v) is 6.26. The minimum atomic E-state index is -0.793. The van der Waals surface area contributed by atoms with Crippen molar-refractivity contribution in [2.24, 2.45) is 5.92 Å². The van der Waals surface area contributed by atoms with Gasteiger partial charge >= 0.3 is 12.0 Å². The van der Waals surface area contributed by atoms with Crippen molar-refractivity contribution >= 4 is 17.9 Å². The van der Waals surface area contributed by atoms with E-state index in [1.807, 2.05) is 27.7 Å². The molecular weight excluding hydrogens is 274 g/mol. The fourth-order valence-corrected chi connectivity index (χ4v) is 1.61. The van der Waals surface area contributed by atoms with Crippen LogP contribution in [0.1, 0.15) is 47.0 Å². The third kappa shape index (κ3) is 13.1. The van der Waals surface area contributed by atoms with Crippen molar-refractivity contribution in [2.45, 2.75) is 52.5 Å². The summed E-state index contributed by atoms with van der Waals surface area (Å²) in [5.41, 5.74) is -0.392. The lowest BCUT2D eigenvalue weighted by Crippen LogP contribution is -2.50. The number of carbonyl (C=O) groups is 3. The summed E-state index contributed by atoms with van der Waals surface area (Å²) in [4.78, 5) is 33.3. The first-order valence-corrected chi connectivity index (χ1v) is 7.14. The summed E-state index contributed by atoms with van der Waals surface area (Å²) in [6, 6.07) is -0.510. The highest BCUT2D eigenvalue weighted by molar-refractivity contribution is 5.95. The largest absolute Gasteiger partial charge is 0.481 e. The summed E-state index contributed by atoms with van der Waals surface area (Å²) in [6.45, 7) is 8.12. The fourth-order valence-electron chi connectivity index (χ4n) is 1.61. The van der Waals surface area contributed by atoms with E-state index in [0.29, 0.717) is 13.0 Å². The van der Waals surface area contributed by atoms with E-state index in [1.165, 1.54) is 0 Å². The Kier molecular flexibility index (Phi) is 8.61. The van der Waals surface area contributed by atoms with Crippen LogP contribution in [0.2, 0.25) is 0 Å². The summed E-state index contributed by atoms with van der Waals surface area (Å²) in [5.74, 6) is -0.908. The van der Waals surface area contributed by atoms with Crippen LogP contribution in [0.4, 0.5) is 4.79 Å². The molecule has 7 nitrogen and oxygen atoms in total. The molecule has 0 radical (unpaired) electrons. The number of carboxylic acids is 1. The standard InChI is InChI=1S/C14H27N3O4/c1-10(5-6-12(19)20)7-8-15-9-11(18)16-13(21)17-14(2,3)4/h10,15H,5-9H2,1-4H3,(H,19,20)(H2,16,17,18,21). The van der Waals surface area contributed by atoms with Crippen LogP contribution in [0.3, 0.4) is 0 Å². The maximum Gasteiger partial charge on any atom is 0.321 e. The molecule has 0 aromatic heterocycles. The number of urea groups is 1. The summed E-state index contributed by atoms with van der Waals surface area (Å²) in [6.07, 6.45) is 1.57. The highest BCUT2D eigenvalue weighted by Crippen LogP contribution is 2.08. The number of rotatable bonds is 8. The quantitative estimate of drug-likeness (QED) is 0.502. The smallest absolute Gasteiger partial charge is 0.321 e. The molecule has 0 aliphatic rings. The zero-order valence-electron chi connectivity index (χ0n) is 13.3. The minimum Gasteiger partial charge on any atom is -0.481 e. The molecule has 0 rings (SSSR count). The second-order valence-electron chi connectivity index (χ2n) is 6.26. The van der Waals surface area contributed by atoms with Gasteiger partial charge in [0.05, 0.1) is 6.54 Å². The molecule has 0 aliphatic carbocycles. The maximum absolute atomic E-state index is 11.5. The van der Waals surface area contributed by atoms with Gasteiger partial charge in [0.2, 0.25) is 5.91 Å². The molecule has 0 aromatic rings. The molecular formula is C14H27N3O4. The Labute approximate surface area is 125 Å². The summed E-state index contributed by atoms with van der Waals surface area (Å²) in [5, 5.41) is 16.4. The Morgan fingerprint density at radius 3 is 2.29 bits per heavy atom. The highest BCUT2D eigenvalue weighted by Gasteiger charge is 2.15. The SMILES string of the molecule is CC(CCNCC(=O)NC(=O)NC(C)(C)C)CCC(=O)O. The normalized spacial score (nSPS) is 12.6. The lowest BCUT2D eigenvalue weighted by atomic mass is 10.0. The molecule has 0 fully saturated rings. The predicted molar refractivity (Wildman–Crippen MR) is 79.9 cm³/mol. The van der Waals surface area contributed by atoms with E-state index >= 15 is 0 Å². The van der Waals surface area contributed by atoms with Crippen LogP contribution in [0.5, 0.6) is 0 Å². The third-order valence-electron chi connectivity index (χ3n) is 2.69. The molecule has 0 heterocycles. The van der Waals surface area contributed by atoms with Crippen LogP contribution in [0.15, 0.2) is 0 Å². The summed E-state index contributed by atoms with van der Waals surface area (Å²) >= 11 is 0. The lowest BCUT2D eigenvalue weighted by Gasteiger charge is -2.20. The zero-order valence-corrected chi connectivity index (χ0v) is 13.3. The number of nitrogens with one attached hydrogen (secondary N) is 3. The molecule has 0 aliphatic heterocycles. The Hall–Kier alpha value is -1.63. The van der Waals surface area contributed by atoms with E-state index in [1.54, 1.807) is 0 Å². The van der Waals surface area contributed by atoms with E-state index in [4.69, 9.17) is 5.11 Å². The van der Waals surface area contributed by atoms with Crippen LogP contribution in [0, 0.1) is 5.92 Å². The Morgan fingerprint density at radius 2 is 1.76 bits per heavy atom. The predicted octanol–water partition coefficient (Wildman–Crippen LogP) is 1.09. The summed E-state index contributed by atoms with van der Waals surface area (Å²) in [7, 11) is 0. The molecule has 3 amide bonds. The monoisotopic (exact) mass is 301 g/mol. The number of hydrogen-bond acceptors (Lipinski definition) is 4. The van der Waals surface area contributed by atoms with Gasteiger partial charge in [-0.05, 0) is 46.1 Å². The Morgan fingerprint density at radius 1 is 1.14 bits per heavy atom. The zero-order chi connectivity index (χ0) is 16.5. The fraction of sp³-hybridized carbons (Fsp3) is 0.786. The molecule has 0 bridgehead atoms. The van der Waals surface area contributed by atoms with Crippen molar-refractivity contribution in [3.63, 3.8) is 0 Å². The second kappa shape index (κ2) is 9.33. The van der Waals surface area contributed by atoms with Gasteiger partial charge in [0.15, 0.2) is 0 Å². The number of carboxylic acid groups (broad SMARTS) is 1. The van der Waals surface area contributed by atoms with E-state index < -0.39 is 23.4 Å². The van der Waals surface area contributed by atoms with Crippen LogP contribution < -0.4 is 16.0 Å². The van der Waals surface area contributed by atoms with E-state index in [0.717, 1.165) is 6.42 Å². The van der Waals surface area contributed by atoms with Crippen molar-refractivity contribution in [3.05, 3.63) is 0 Å². The average molecular weight is 301 g/mol. The van der Waals surface area contributed by atoms with Gasteiger partial charge in [-0.1, -0.05) is 6.92 Å². The molecule has 0 saturated carbocycles. The molecule has 0 spiro atoms. The molecule has 0 aromatic carbocycles. The molecule has 0 saturated heterocycles. The number of amides is 3. The first-order valence-electron chi connectivity index (χ1n) is 7.14. The van der Waals surface area contributed by atoms with E-state index in [9.17, 15) is 14.4 Å². The van der Waals surface area contributed by atoms with Gasteiger partial charge < -0.3 is 15.7 Å². The van der Waals surface area contributed by atoms with Crippen molar-refractivity contribution in [3.8, 4) is 0 Å². The topological polar surface area (TPSA) is 108 Å². The molecule has 21 heavy (non-hydrogen) atoms. The number of carbonyl (C=O) groups excluding carboxylic acids is 2. The first kappa shape index (κ1) is 19.4. The summed E-state index contributed by atoms with van der Waals surface area (Å²) < 4.78 is 0. The first-order chi connectivity index (χ1) is 9.60. The van der Waals surface area contributed by atoms with Crippen molar-refractivity contribution in [2.75, 3.05) is 13.1 Å². The molecule has 7 heteroatoms. The van der Waals surface area contributed by atoms with Crippen molar-refractivity contribution in [1.82, 2.24) is 16.0 Å². The minimum absolute atomic E-state index is 0.0587. The van der Waals surface area contributed by atoms with E-state index in [2.05, 4.69) is 16.0 Å². The van der Waals surface area contributed by atoms with Gasteiger partial charge in [0, 0.05) is 12.0 Å². The lowest BCUT2D eigenvalue weighted by molar-refractivity contribution is -0.137. The van der Waals surface area contributed by atoms with Gasteiger partial charge in [0.1, 0.15) is 0 Å². The Bertz CT molecular complexity index is 364. The van der Waals surface area contributed by atoms with Gasteiger partial charge in [-0.2, -0.15) is 0 Å². The highest BCUT2D eigenvalue weighted by atomic mass is 16.4. The number of aliphatic carboxylic acids is 1.